The van der Waals surface area contributed by atoms with Gasteiger partial charge in [0.15, 0.2) is 0 Å². The van der Waals surface area contributed by atoms with E-state index < -0.39 is 0 Å². The summed E-state index contributed by atoms with van der Waals surface area (Å²) in [5.41, 5.74) is 0. The largest absolute Gasteiger partial charge is 0.385 e. The molecule has 0 amide bonds. The SMILES string of the molecule is COCCC(C)NCC1CCCCC1Cl. The Kier molecular flexibility index (Phi) is 6.62. The zero-order valence-electron chi connectivity index (χ0n) is 9.97. The molecule has 1 fully saturated rings. The van der Waals surface area contributed by atoms with E-state index in [2.05, 4.69) is 12.2 Å². The molecule has 90 valence electrons. The van der Waals surface area contributed by atoms with E-state index >= 15 is 0 Å². The molecule has 1 rings (SSSR count). The van der Waals surface area contributed by atoms with Crippen molar-refractivity contribution in [2.24, 2.45) is 5.92 Å². The van der Waals surface area contributed by atoms with Gasteiger partial charge in [0.05, 0.1) is 0 Å². The average molecular weight is 234 g/mol. The van der Waals surface area contributed by atoms with Gasteiger partial charge in [0, 0.05) is 25.1 Å². The first-order valence-corrected chi connectivity index (χ1v) is 6.54. The average Bonchev–Trinajstić information content (AvgIpc) is 2.25. The number of rotatable bonds is 6. The van der Waals surface area contributed by atoms with Gasteiger partial charge in [-0.2, -0.15) is 0 Å². The molecule has 3 atom stereocenters. The molecule has 3 unspecified atom stereocenters. The van der Waals surface area contributed by atoms with Crippen molar-refractivity contribution in [3.05, 3.63) is 0 Å². The first-order valence-electron chi connectivity index (χ1n) is 6.10. The van der Waals surface area contributed by atoms with Crippen molar-refractivity contribution < 1.29 is 4.74 Å². The molecule has 0 heterocycles. The van der Waals surface area contributed by atoms with Gasteiger partial charge >= 0.3 is 0 Å². The molecule has 0 aromatic rings. The van der Waals surface area contributed by atoms with Crippen LogP contribution < -0.4 is 5.32 Å². The highest BCUT2D eigenvalue weighted by Gasteiger charge is 2.22. The maximum Gasteiger partial charge on any atom is 0.0476 e. The third-order valence-corrected chi connectivity index (χ3v) is 3.87. The minimum Gasteiger partial charge on any atom is -0.385 e. The maximum absolute atomic E-state index is 6.31. The molecule has 0 bridgehead atoms. The van der Waals surface area contributed by atoms with Crippen molar-refractivity contribution >= 4 is 11.6 Å². The second-order valence-corrected chi connectivity index (χ2v) is 5.21. The van der Waals surface area contributed by atoms with Crippen molar-refractivity contribution in [2.45, 2.75) is 50.4 Å². The topological polar surface area (TPSA) is 21.3 Å². The van der Waals surface area contributed by atoms with Gasteiger partial charge in [-0.15, -0.1) is 11.6 Å². The molecule has 1 aliphatic carbocycles. The summed E-state index contributed by atoms with van der Waals surface area (Å²) >= 11 is 6.31. The second kappa shape index (κ2) is 7.48. The van der Waals surface area contributed by atoms with Crippen LogP contribution >= 0.6 is 11.6 Å². The summed E-state index contributed by atoms with van der Waals surface area (Å²) in [6.45, 7) is 4.12. The van der Waals surface area contributed by atoms with Crippen LogP contribution in [0, 0.1) is 5.92 Å². The zero-order chi connectivity index (χ0) is 11.1. The van der Waals surface area contributed by atoms with Gasteiger partial charge in [-0.1, -0.05) is 12.8 Å². The molecular formula is C12H24ClNO. The predicted octanol–water partition coefficient (Wildman–Crippen LogP) is 2.80. The summed E-state index contributed by atoms with van der Waals surface area (Å²) in [7, 11) is 1.75. The second-order valence-electron chi connectivity index (χ2n) is 4.65. The highest BCUT2D eigenvalue weighted by atomic mass is 35.5. The van der Waals surface area contributed by atoms with Crippen LogP contribution in [0.25, 0.3) is 0 Å². The Morgan fingerprint density at radius 2 is 2.13 bits per heavy atom. The van der Waals surface area contributed by atoms with Crippen LogP contribution in [-0.2, 0) is 4.74 Å². The quantitative estimate of drug-likeness (QED) is 0.713. The van der Waals surface area contributed by atoms with Crippen molar-refractivity contribution in [2.75, 3.05) is 20.3 Å². The van der Waals surface area contributed by atoms with Crippen LogP contribution in [0.15, 0.2) is 0 Å². The predicted molar refractivity (Wildman–Crippen MR) is 65.6 cm³/mol. The number of hydrogen-bond acceptors (Lipinski definition) is 2. The highest BCUT2D eigenvalue weighted by molar-refractivity contribution is 6.20. The zero-order valence-corrected chi connectivity index (χ0v) is 10.7. The summed E-state index contributed by atoms with van der Waals surface area (Å²) < 4.78 is 5.06. The Morgan fingerprint density at radius 3 is 2.80 bits per heavy atom. The van der Waals surface area contributed by atoms with Gasteiger partial charge in [-0.25, -0.2) is 0 Å². The molecule has 1 saturated carbocycles. The van der Waals surface area contributed by atoms with Gasteiger partial charge in [-0.05, 0) is 38.6 Å². The molecule has 15 heavy (non-hydrogen) atoms. The Hall–Kier alpha value is 0.210. The molecular weight excluding hydrogens is 210 g/mol. The molecule has 2 nitrogen and oxygen atoms in total. The smallest absolute Gasteiger partial charge is 0.0476 e. The van der Waals surface area contributed by atoms with E-state index in [0.717, 1.165) is 19.6 Å². The van der Waals surface area contributed by atoms with E-state index in [-0.39, 0.29) is 0 Å². The third-order valence-electron chi connectivity index (χ3n) is 3.30. The summed E-state index contributed by atoms with van der Waals surface area (Å²) in [5.74, 6) is 0.672. The number of hydrogen-bond donors (Lipinski definition) is 1. The van der Waals surface area contributed by atoms with E-state index in [1.807, 2.05) is 0 Å². The van der Waals surface area contributed by atoms with E-state index in [0.29, 0.717) is 17.3 Å². The lowest BCUT2D eigenvalue weighted by molar-refractivity contribution is 0.183. The lowest BCUT2D eigenvalue weighted by Gasteiger charge is -2.28. The first kappa shape index (κ1) is 13.3. The number of nitrogens with one attached hydrogen (secondary N) is 1. The molecule has 0 saturated heterocycles. The van der Waals surface area contributed by atoms with Gasteiger partial charge in [-0.3, -0.25) is 0 Å². The summed E-state index contributed by atoms with van der Waals surface area (Å²) in [6, 6.07) is 0.538. The van der Waals surface area contributed by atoms with Gasteiger partial charge in [0.25, 0.3) is 0 Å². The fourth-order valence-electron chi connectivity index (χ4n) is 2.14. The number of halogens is 1. The molecule has 0 radical (unpaired) electrons. The lowest BCUT2D eigenvalue weighted by atomic mass is 9.88. The summed E-state index contributed by atoms with van der Waals surface area (Å²) in [6.07, 6.45) is 6.22. The van der Waals surface area contributed by atoms with Gasteiger partial charge in [0.1, 0.15) is 0 Å². The number of methoxy groups -OCH3 is 1. The van der Waals surface area contributed by atoms with Crippen molar-refractivity contribution in [1.29, 1.82) is 0 Å². The molecule has 3 heteroatoms. The van der Waals surface area contributed by atoms with Crippen LogP contribution in [-0.4, -0.2) is 31.7 Å². The monoisotopic (exact) mass is 233 g/mol. The first-order chi connectivity index (χ1) is 7.24. The minimum atomic E-state index is 0.390. The molecule has 1 N–H and O–H groups in total. The Labute approximate surface area is 98.7 Å². The van der Waals surface area contributed by atoms with Crippen LogP contribution in [0.3, 0.4) is 0 Å². The summed E-state index contributed by atoms with van der Waals surface area (Å²) in [5, 5.41) is 3.94. The highest BCUT2D eigenvalue weighted by Crippen LogP contribution is 2.28. The van der Waals surface area contributed by atoms with Crippen LogP contribution in [0.5, 0.6) is 0 Å². The normalized spacial score (nSPS) is 29.0. The van der Waals surface area contributed by atoms with Crippen molar-refractivity contribution in [1.82, 2.24) is 5.32 Å². The number of ether oxygens (including phenoxy) is 1. The number of alkyl halides is 1. The minimum absolute atomic E-state index is 0.390. The van der Waals surface area contributed by atoms with Crippen molar-refractivity contribution in [3.63, 3.8) is 0 Å². The fourth-order valence-corrected chi connectivity index (χ4v) is 2.51. The Balaban J connectivity index is 2.11. The molecule has 0 spiro atoms. The van der Waals surface area contributed by atoms with E-state index in [1.165, 1.54) is 25.7 Å². The molecule has 0 aliphatic heterocycles. The van der Waals surface area contributed by atoms with Gasteiger partial charge in [0.2, 0.25) is 0 Å². The van der Waals surface area contributed by atoms with E-state index in [1.54, 1.807) is 7.11 Å². The summed E-state index contributed by atoms with van der Waals surface area (Å²) in [4.78, 5) is 0. The molecule has 1 aliphatic rings. The van der Waals surface area contributed by atoms with Crippen LogP contribution in [0.2, 0.25) is 0 Å². The van der Waals surface area contributed by atoms with Crippen LogP contribution in [0.4, 0.5) is 0 Å². The van der Waals surface area contributed by atoms with Crippen molar-refractivity contribution in [3.8, 4) is 0 Å². The van der Waals surface area contributed by atoms with Gasteiger partial charge < -0.3 is 10.1 Å². The van der Waals surface area contributed by atoms with Crippen LogP contribution in [0.1, 0.15) is 39.0 Å². The van der Waals surface area contributed by atoms with E-state index in [9.17, 15) is 0 Å². The lowest BCUT2D eigenvalue weighted by Crippen LogP contribution is -2.36. The molecule has 0 aromatic carbocycles. The fraction of sp³-hybridized carbons (Fsp3) is 1.00. The maximum atomic E-state index is 6.31. The third kappa shape index (κ3) is 5.19. The standard InChI is InChI=1S/C12H24ClNO/c1-10(7-8-15-2)14-9-11-5-3-4-6-12(11)13/h10-12,14H,3-9H2,1-2H3. The molecule has 0 aromatic heterocycles. The Bertz CT molecular complexity index is 166. The van der Waals surface area contributed by atoms with E-state index in [4.69, 9.17) is 16.3 Å². The Morgan fingerprint density at radius 1 is 1.40 bits per heavy atom.